The minimum atomic E-state index is -0.291. The van der Waals surface area contributed by atoms with Crippen LogP contribution in [0.3, 0.4) is 0 Å². The lowest BCUT2D eigenvalue weighted by Gasteiger charge is -2.41. The average Bonchev–Trinajstić information content (AvgIpc) is 1.63. The molecule has 4 atom stereocenters. The molecule has 0 unspecified atom stereocenters. The molecule has 6 aromatic carbocycles. The van der Waals surface area contributed by atoms with E-state index in [1.165, 1.54) is 78.0 Å². The van der Waals surface area contributed by atoms with E-state index in [-0.39, 0.29) is 57.9 Å². The Balaban J connectivity index is 0.000000110. The number of thiazole rings is 4. The number of halogens is 2. The first-order valence-electron chi connectivity index (χ1n) is 39.0. The summed E-state index contributed by atoms with van der Waals surface area (Å²) in [5.74, 6) is -0.581. The second kappa shape index (κ2) is 32.2. The van der Waals surface area contributed by atoms with Crippen LogP contribution in [0.1, 0.15) is 125 Å². The average molecular weight is 1610 g/mol. The first-order valence-corrected chi connectivity index (χ1v) is 42.5. The summed E-state index contributed by atoms with van der Waals surface area (Å²) in [5.41, 5.74) is 19.3. The van der Waals surface area contributed by atoms with Gasteiger partial charge in [0, 0.05) is 87.9 Å². The molecule has 8 aliphatic heterocycles. The van der Waals surface area contributed by atoms with E-state index in [1.54, 1.807) is 114 Å². The number of nitrogens with one attached hydrogen (secondary N) is 4. The molecule has 8 saturated heterocycles. The molecule has 4 N–H and O–H groups in total. The summed E-state index contributed by atoms with van der Waals surface area (Å²) in [4.78, 5) is 101. The Hall–Kier alpha value is -10.2. The van der Waals surface area contributed by atoms with Crippen molar-refractivity contribution in [3.05, 3.63) is 215 Å². The van der Waals surface area contributed by atoms with Gasteiger partial charge in [-0.1, -0.05) is 24.3 Å². The number of hydrogen-bond acceptors (Lipinski definition) is 20. The molecule has 0 radical (unpaired) electrons. The quantitative estimate of drug-likeness (QED) is 0.0888. The Bertz CT molecular complexity index is 5080. The van der Waals surface area contributed by atoms with Gasteiger partial charge in [-0.15, -0.1) is 45.3 Å². The molecule has 8 fully saturated rings. The van der Waals surface area contributed by atoms with Crippen LogP contribution in [-0.2, 0) is 0 Å². The predicted octanol–water partition coefficient (Wildman–Crippen LogP) is 15.5. The maximum atomic E-state index is 13.2. The molecule has 0 aliphatic carbocycles. The van der Waals surface area contributed by atoms with Crippen LogP contribution in [-0.4, -0.2) is 184 Å². The summed E-state index contributed by atoms with van der Waals surface area (Å²) in [5, 5.41) is 12.9. The maximum Gasteiger partial charge on any atom is 0.322 e. The van der Waals surface area contributed by atoms with E-state index in [0.29, 0.717) is 50.3 Å². The molecule has 8 aliphatic rings. The van der Waals surface area contributed by atoms with E-state index in [2.05, 4.69) is 181 Å². The van der Waals surface area contributed by atoms with Crippen molar-refractivity contribution in [3.63, 3.8) is 0 Å². The van der Waals surface area contributed by atoms with E-state index in [4.69, 9.17) is 0 Å². The van der Waals surface area contributed by atoms with Crippen LogP contribution in [0.2, 0.25) is 0 Å². The van der Waals surface area contributed by atoms with Crippen LogP contribution in [0.15, 0.2) is 181 Å². The largest absolute Gasteiger partial charge is 0.330 e. The van der Waals surface area contributed by atoms with Gasteiger partial charge in [-0.3, -0.25) is 39.2 Å². The summed E-state index contributed by atoms with van der Waals surface area (Å²) >= 11 is 6.68. The fraction of sp³-hybridized carbons (Fsp3) is 0.381. The number of amides is 8. The van der Waals surface area contributed by atoms with Crippen LogP contribution in [0, 0.1) is 11.6 Å². The number of urea groups is 4. The van der Waals surface area contributed by atoms with Crippen molar-refractivity contribution in [2.45, 2.75) is 125 Å². The highest BCUT2D eigenvalue weighted by atomic mass is 32.1. The van der Waals surface area contributed by atoms with Crippen LogP contribution < -0.4 is 40.9 Å². The van der Waals surface area contributed by atoms with Crippen molar-refractivity contribution < 1.29 is 28.0 Å². The molecule has 6 aromatic heterocycles. The topological polar surface area (TPSA) is 245 Å². The number of piperidine rings is 4. The number of anilines is 4. The summed E-state index contributed by atoms with van der Waals surface area (Å²) < 4.78 is 31.3. The highest BCUT2D eigenvalue weighted by Gasteiger charge is 2.50. The van der Waals surface area contributed by atoms with Crippen molar-refractivity contribution in [3.8, 4) is 0 Å². The number of carbonyl (C=O) groups excluding carboxylic acids is 4. The van der Waals surface area contributed by atoms with Crippen molar-refractivity contribution in [1.82, 2.24) is 80.7 Å². The molecule has 8 amide bonds. The number of benzene rings is 6. The smallest absolute Gasteiger partial charge is 0.322 e. The monoisotopic (exact) mass is 1610 g/mol. The van der Waals surface area contributed by atoms with Crippen molar-refractivity contribution >= 4 is 133 Å². The minimum Gasteiger partial charge on any atom is -0.330 e. The standard InChI is InChI=1S/2C22H23FN4OS.2C20H22N6OS/c2*1-15(16-2-7-20-19(12-16)24-14-29-20)26-10-8-22(9-11-26)13-27(21(28)25-22)18-5-3-17(23)4-6-18;2*1-14(15-2-3-18-17(8-15)23-13-28-18)25-6-4-20(5-7-25)11-26(19(27)24-20)16-9-21-12-22-10-16/h2*2-7,12,14-15H,8-11,13H2,1H3,(H,25,28);2*2-3,8-10,12-14H,4-7,11H2,1H3,(H,24,27)/t2*15-;2*14-/m1010/s1. The SMILES string of the molecule is C[C@@H](c1ccc2scnc2c1)N1CCC2(CC1)CN(c1ccc(F)cc1)C(=O)N2.C[C@@H](c1ccc2scnc2c1)N1CCC2(CC1)CN(c1cncnc1)C(=O)N2.C[C@H](c1ccc2scnc2c1)N1CCC2(CC1)CN(c1ccc(F)cc1)C(=O)N2.C[C@H](c1ccc2scnc2c1)N1CCC2(CC1)CN(c1cncnc1)C(=O)N2. The van der Waals surface area contributed by atoms with E-state index >= 15 is 0 Å². The first-order chi connectivity index (χ1) is 55.3. The summed E-state index contributed by atoms with van der Waals surface area (Å²) in [7, 11) is 0. The number of aromatic nitrogens is 8. The van der Waals surface area contributed by atoms with Gasteiger partial charge in [0.25, 0.3) is 0 Å². The van der Waals surface area contributed by atoms with Crippen LogP contribution in [0.4, 0.5) is 50.7 Å². The molecule has 0 saturated carbocycles. The van der Waals surface area contributed by atoms with Crippen LogP contribution in [0.5, 0.6) is 0 Å². The lowest BCUT2D eigenvalue weighted by molar-refractivity contribution is 0.121. The van der Waals surface area contributed by atoms with Gasteiger partial charge in [-0.05, 0) is 198 Å². The zero-order valence-corrected chi connectivity index (χ0v) is 67.2. The fourth-order valence-corrected chi connectivity index (χ4v) is 20.3. The van der Waals surface area contributed by atoms with Gasteiger partial charge in [0.05, 0.1) is 147 Å². The predicted molar refractivity (Wildman–Crippen MR) is 447 cm³/mol. The zero-order valence-electron chi connectivity index (χ0n) is 63.9. The zero-order chi connectivity index (χ0) is 78.3. The van der Waals surface area contributed by atoms with E-state index in [0.717, 1.165) is 149 Å². The number of likely N-dealkylation sites (tertiary alicyclic amines) is 4. The Morgan fingerprint density at radius 2 is 0.553 bits per heavy atom. The normalized spacial score (nSPS) is 20.5. The van der Waals surface area contributed by atoms with Crippen LogP contribution >= 0.6 is 45.3 Å². The lowest BCUT2D eigenvalue weighted by Crippen LogP contribution is -2.52. The van der Waals surface area contributed by atoms with Crippen LogP contribution in [0.25, 0.3) is 40.9 Å². The van der Waals surface area contributed by atoms with Gasteiger partial charge in [0.15, 0.2) is 0 Å². The highest BCUT2D eigenvalue weighted by molar-refractivity contribution is 7.17. The number of nitrogens with zero attached hydrogens (tertiary/aromatic N) is 16. The molecule has 588 valence electrons. The van der Waals surface area contributed by atoms with Crippen molar-refractivity contribution in [1.29, 1.82) is 0 Å². The lowest BCUT2D eigenvalue weighted by atomic mass is 9.87. The number of fused-ring (bicyclic) bond motifs is 4. The third-order valence-corrected chi connectivity index (χ3v) is 28.1. The van der Waals surface area contributed by atoms with E-state index < -0.39 is 0 Å². The Morgan fingerprint density at radius 1 is 0.325 bits per heavy atom. The molecule has 20 rings (SSSR count). The third-order valence-electron chi connectivity index (χ3n) is 24.9. The van der Waals surface area contributed by atoms with Crippen molar-refractivity contribution in [2.24, 2.45) is 0 Å². The molecule has 24 nitrogen and oxygen atoms in total. The Morgan fingerprint density at radius 3 is 0.789 bits per heavy atom. The fourth-order valence-electron chi connectivity index (χ4n) is 17.6. The van der Waals surface area contributed by atoms with Gasteiger partial charge >= 0.3 is 24.1 Å². The molecular weight excluding hydrogens is 1520 g/mol. The molecular formula is C84H90F2N20O4S4. The van der Waals surface area contributed by atoms with Gasteiger partial charge in [-0.2, -0.15) is 0 Å². The molecule has 14 heterocycles. The Labute approximate surface area is 675 Å². The van der Waals surface area contributed by atoms with Gasteiger partial charge in [0.2, 0.25) is 0 Å². The maximum absolute atomic E-state index is 13.2. The van der Waals surface area contributed by atoms with E-state index in [1.807, 2.05) is 22.0 Å². The molecule has 4 spiro atoms. The third kappa shape index (κ3) is 16.1. The van der Waals surface area contributed by atoms with Crippen molar-refractivity contribution in [2.75, 3.05) is 98.1 Å². The molecule has 0 bridgehead atoms. The number of rotatable bonds is 12. The van der Waals surface area contributed by atoms with E-state index in [9.17, 15) is 28.0 Å². The summed E-state index contributed by atoms with van der Waals surface area (Å²) in [6.07, 6.45) is 17.1. The molecule has 114 heavy (non-hydrogen) atoms. The summed E-state index contributed by atoms with van der Waals surface area (Å²) in [6.45, 7) is 19.1. The van der Waals surface area contributed by atoms with Gasteiger partial charge in [0.1, 0.15) is 24.3 Å². The molecule has 12 aromatic rings. The Kier molecular flexibility index (Phi) is 21.6. The first kappa shape index (κ1) is 76.5. The summed E-state index contributed by atoms with van der Waals surface area (Å²) in [6, 6.07) is 39.5. The second-order valence-corrected chi connectivity index (χ2v) is 35.0. The van der Waals surface area contributed by atoms with Gasteiger partial charge < -0.3 is 21.3 Å². The number of hydrogen-bond donors (Lipinski definition) is 4. The van der Waals surface area contributed by atoms with Gasteiger partial charge in [-0.25, -0.2) is 67.8 Å². The number of carbonyl (C=O) groups is 4. The minimum absolute atomic E-state index is 0.0507. The molecule has 30 heteroatoms. The second-order valence-electron chi connectivity index (χ2n) is 31.5. The highest BCUT2D eigenvalue weighted by Crippen LogP contribution is 2.41.